The summed E-state index contributed by atoms with van der Waals surface area (Å²) in [7, 11) is 0. The van der Waals surface area contributed by atoms with Crippen LogP contribution in [0.15, 0.2) is 0 Å². The number of hydrogen-bond donors (Lipinski definition) is 2. The second kappa shape index (κ2) is 6.53. The van der Waals surface area contributed by atoms with Gasteiger partial charge < -0.3 is 16.4 Å². The fourth-order valence-electron chi connectivity index (χ4n) is 2.56. The number of carbonyl (C=O) groups excluding carboxylic acids is 1. The lowest BCUT2D eigenvalue weighted by molar-refractivity contribution is -0.122. The molecular weight excluding hydrogens is 226 g/mol. The lowest BCUT2D eigenvalue weighted by atomic mass is 9.95. The van der Waals surface area contributed by atoms with Crippen LogP contribution in [0.5, 0.6) is 0 Å². The average molecular weight is 255 g/mol. The lowest BCUT2D eigenvalue weighted by Crippen LogP contribution is -2.49. The van der Waals surface area contributed by atoms with Crippen molar-refractivity contribution >= 4 is 5.91 Å². The molecule has 0 aromatic rings. The fourth-order valence-corrected chi connectivity index (χ4v) is 2.56. The Hall–Kier alpha value is -0.610. The molecule has 1 saturated heterocycles. The Morgan fingerprint density at radius 2 is 2.11 bits per heavy atom. The van der Waals surface area contributed by atoms with Crippen LogP contribution >= 0.6 is 0 Å². The number of hydrogen-bond acceptors (Lipinski definition) is 3. The summed E-state index contributed by atoms with van der Waals surface area (Å²) in [6, 6.07) is 0. The maximum atomic E-state index is 11.1. The highest BCUT2D eigenvalue weighted by atomic mass is 16.1. The number of nitrogens with zero attached hydrogens (tertiary/aromatic N) is 1. The first-order chi connectivity index (χ1) is 8.33. The molecule has 2 unspecified atom stereocenters. The maximum Gasteiger partial charge on any atom is 0.237 e. The Morgan fingerprint density at radius 3 is 2.61 bits per heavy atom. The zero-order chi connectivity index (χ0) is 13.8. The Labute approximate surface area is 111 Å². The van der Waals surface area contributed by atoms with Gasteiger partial charge in [-0.05, 0) is 57.5 Å². The van der Waals surface area contributed by atoms with Crippen molar-refractivity contribution in [3.05, 3.63) is 0 Å². The molecular formula is C14H29N3O. The van der Waals surface area contributed by atoms with Gasteiger partial charge in [-0.3, -0.25) is 4.79 Å². The van der Waals surface area contributed by atoms with Gasteiger partial charge in [0.05, 0.1) is 5.54 Å². The molecule has 106 valence electrons. The van der Waals surface area contributed by atoms with Crippen LogP contribution in [0.4, 0.5) is 0 Å². The summed E-state index contributed by atoms with van der Waals surface area (Å²) < 4.78 is 0. The van der Waals surface area contributed by atoms with Crippen LogP contribution < -0.4 is 11.5 Å². The molecule has 0 radical (unpaired) electrons. The van der Waals surface area contributed by atoms with E-state index in [1.807, 2.05) is 0 Å². The van der Waals surface area contributed by atoms with Gasteiger partial charge in [0, 0.05) is 6.54 Å². The summed E-state index contributed by atoms with van der Waals surface area (Å²) in [5.41, 5.74) is 10.2. The van der Waals surface area contributed by atoms with Crippen molar-refractivity contribution in [3.63, 3.8) is 0 Å². The molecule has 1 heterocycles. The molecule has 4 nitrogen and oxygen atoms in total. The van der Waals surface area contributed by atoms with E-state index in [2.05, 4.69) is 18.7 Å². The first kappa shape index (κ1) is 15.4. The summed E-state index contributed by atoms with van der Waals surface area (Å²) in [4.78, 5) is 13.6. The first-order valence-corrected chi connectivity index (χ1v) is 7.14. The Kier molecular flexibility index (Phi) is 5.60. The van der Waals surface area contributed by atoms with Crippen LogP contribution in [-0.2, 0) is 4.79 Å². The van der Waals surface area contributed by atoms with Crippen molar-refractivity contribution in [1.29, 1.82) is 0 Å². The van der Waals surface area contributed by atoms with Gasteiger partial charge in [-0.2, -0.15) is 0 Å². The fraction of sp³-hybridized carbons (Fsp3) is 0.929. The third-order valence-electron chi connectivity index (χ3n) is 4.23. The van der Waals surface area contributed by atoms with Gasteiger partial charge >= 0.3 is 0 Å². The van der Waals surface area contributed by atoms with Crippen molar-refractivity contribution in [1.82, 2.24) is 4.90 Å². The molecule has 0 saturated carbocycles. The minimum atomic E-state index is -0.842. The molecule has 1 aliphatic heterocycles. The third kappa shape index (κ3) is 4.58. The van der Waals surface area contributed by atoms with E-state index in [1.54, 1.807) is 6.92 Å². The zero-order valence-electron chi connectivity index (χ0n) is 12.1. The normalized spacial score (nSPS) is 24.4. The molecule has 0 bridgehead atoms. The number of likely N-dealkylation sites (tertiary alicyclic amines) is 1. The van der Waals surface area contributed by atoms with Gasteiger partial charge in [0.15, 0.2) is 0 Å². The predicted octanol–water partition coefficient (Wildman–Crippen LogP) is 1.34. The summed E-state index contributed by atoms with van der Waals surface area (Å²) in [5.74, 6) is 1.25. The lowest BCUT2D eigenvalue weighted by Gasteiger charge is -2.21. The monoisotopic (exact) mass is 255 g/mol. The van der Waals surface area contributed by atoms with E-state index in [0.717, 1.165) is 31.2 Å². The number of unbranched alkanes of at least 4 members (excludes halogenated alkanes) is 1. The van der Waals surface area contributed by atoms with Gasteiger partial charge in [-0.15, -0.1) is 0 Å². The summed E-state index contributed by atoms with van der Waals surface area (Å²) >= 11 is 0. The second-order valence-electron chi connectivity index (χ2n) is 6.33. The van der Waals surface area contributed by atoms with Crippen molar-refractivity contribution in [2.24, 2.45) is 23.3 Å². The minimum Gasteiger partial charge on any atom is -0.368 e. The molecule has 2 atom stereocenters. The van der Waals surface area contributed by atoms with E-state index in [9.17, 15) is 4.79 Å². The molecule has 1 aliphatic rings. The molecule has 0 spiro atoms. The standard InChI is InChI=1S/C14H29N3O/c1-11(2)12-6-9-17(10-12)8-5-4-7-14(3,16)13(15)18/h11-12H,4-10,16H2,1-3H3,(H2,15,18). The van der Waals surface area contributed by atoms with E-state index in [4.69, 9.17) is 11.5 Å². The highest BCUT2D eigenvalue weighted by molar-refractivity contribution is 5.83. The van der Waals surface area contributed by atoms with E-state index in [1.165, 1.54) is 19.5 Å². The zero-order valence-corrected chi connectivity index (χ0v) is 12.1. The summed E-state index contributed by atoms with van der Waals surface area (Å²) in [6.07, 6.45) is 4.08. The summed E-state index contributed by atoms with van der Waals surface area (Å²) in [6.45, 7) is 9.91. The van der Waals surface area contributed by atoms with E-state index < -0.39 is 11.4 Å². The van der Waals surface area contributed by atoms with Crippen LogP contribution in [0, 0.1) is 11.8 Å². The van der Waals surface area contributed by atoms with Gasteiger partial charge in [-0.25, -0.2) is 0 Å². The van der Waals surface area contributed by atoms with Crippen molar-refractivity contribution < 1.29 is 4.79 Å². The summed E-state index contributed by atoms with van der Waals surface area (Å²) in [5, 5.41) is 0. The van der Waals surface area contributed by atoms with Crippen molar-refractivity contribution in [3.8, 4) is 0 Å². The van der Waals surface area contributed by atoms with Crippen molar-refractivity contribution in [2.75, 3.05) is 19.6 Å². The Balaban J connectivity index is 2.14. The van der Waals surface area contributed by atoms with Crippen LogP contribution in [0.3, 0.4) is 0 Å². The number of carbonyl (C=O) groups is 1. The van der Waals surface area contributed by atoms with E-state index >= 15 is 0 Å². The highest BCUT2D eigenvalue weighted by Gasteiger charge is 2.26. The number of amides is 1. The molecule has 4 N–H and O–H groups in total. The second-order valence-corrected chi connectivity index (χ2v) is 6.33. The van der Waals surface area contributed by atoms with Gasteiger partial charge in [-0.1, -0.05) is 13.8 Å². The number of primary amides is 1. The van der Waals surface area contributed by atoms with Crippen LogP contribution in [-0.4, -0.2) is 36.0 Å². The minimum absolute atomic E-state index is 0.399. The first-order valence-electron chi connectivity index (χ1n) is 7.14. The topological polar surface area (TPSA) is 72.3 Å². The van der Waals surface area contributed by atoms with Gasteiger partial charge in [0.2, 0.25) is 5.91 Å². The van der Waals surface area contributed by atoms with Crippen molar-refractivity contribution in [2.45, 2.75) is 52.0 Å². The molecule has 4 heteroatoms. The van der Waals surface area contributed by atoms with E-state index in [-0.39, 0.29) is 0 Å². The van der Waals surface area contributed by atoms with Gasteiger partial charge in [0.25, 0.3) is 0 Å². The molecule has 1 amide bonds. The molecule has 1 rings (SSSR count). The average Bonchev–Trinajstić information content (AvgIpc) is 2.73. The number of rotatable bonds is 7. The van der Waals surface area contributed by atoms with Crippen LogP contribution in [0.2, 0.25) is 0 Å². The molecule has 1 fully saturated rings. The third-order valence-corrected chi connectivity index (χ3v) is 4.23. The molecule has 0 aromatic carbocycles. The largest absolute Gasteiger partial charge is 0.368 e. The maximum absolute atomic E-state index is 11.1. The number of nitrogens with two attached hydrogens (primary N) is 2. The molecule has 0 aliphatic carbocycles. The quantitative estimate of drug-likeness (QED) is 0.674. The smallest absolute Gasteiger partial charge is 0.237 e. The van der Waals surface area contributed by atoms with Gasteiger partial charge in [0.1, 0.15) is 0 Å². The highest BCUT2D eigenvalue weighted by Crippen LogP contribution is 2.23. The predicted molar refractivity (Wildman–Crippen MR) is 75.0 cm³/mol. The Bertz CT molecular complexity index is 276. The molecule has 18 heavy (non-hydrogen) atoms. The Morgan fingerprint density at radius 1 is 1.44 bits per heavy atom. The molecule has 0 aromatic heterocycles. The SMILES string of the molecule is CC(C)C1CCN(CCCCC(C)(N)C(N)=O)C1. The van der Waals surface area contributed by atoms with Crippen LogP contribution in [0.25, 0.3) is 0 Å². The van der Waals surface area contributed by atoms with Crippen LogP contribution in [0.1, 0.15) is 46.5 Å². The van der Waals surface area contributed by atoms with E-state index in [0.29, 0.717) is 6.42 Å².